The van der Waals surface area contributed by atoms with E-state index in [0.29, 0.717) is 0 Å². The Morgan fingerprint density at radius 1 is 0.246 bits per heavy atom. The zero-order valence-corrected chi connectivity index (χ0v) is 33.7. The Labute approximate surface area is 337 Å². The summed E-state index contributed by atoms with van der Waals surface area (Å²) in [6.07, 6.45) is 29.8. The summed E-state index contributed by atoms with van der Waals surface area (Å²) in [5.74, 6) is 0. The molecular weight excluding hydrogens is 721 g/mol. The molecule has 3 heteroatoms. The summed E-state index contributed by atoms with van der Waals surface area (Å²) in [5.41, 5.74) is 17.1. The van der Waals surface area contributed by atoms with Crippen LogP contribution < -0.4 is 0 Å². The van der Waals surface area contributed by atoms with Crippen LogP contribution in [0.1, 0.15) is 100 Å². The van der Waals surface area contributed by atoms with Crippen molar-refractivity contribution in [2.45, 2.75) is 33.2 Å². The molecule has 6 atom stereocenters. The van der Waals surface area contributed by atoms with E-state index in [2.05, 4.69) is 219 Å². The van der Waals surface area contributed by atoms with Crippen molar-refractivity contribution < 1.29 is 4.12 Å². The van der Waals surface area contributed by atoms with Gasteiger partial charge in [0.15, 0.2) is 0 Å². The molecule has 0 aromatic heterocycles. The van der Waals surface area contributed by atoms with E-state index in [0.717, 1.165) is 0 Å². The lowest BCUT2D eigenvalue weighted by Crippen LogP contribution is -2.66. The van der Waals surface area contributed by atoms with Gasteiger partial charge in [0, 0.05) is 33.2 Å². The highest BCUT2D eigenvalue weighted by molar-refractivity contribution is 6.93. The number of benzene rings is 6. The minimum absolute atomic E-state index is 0.115. The van der Waals surface area contributed by atoms with Crippen LogP contribution in [0.25, 0.3) is 36.5 Å². The third-order valence-electron chi connectivity index (χ3n) is 14.1. The van der Waals surface area contributed by atoms with Crippen molar-refractivity contribution in [2.24, 2.45) is 0 Å². The zero-order valence-electron chi connectivity index (χ0n) is 31.7. The molecule has 0 radical (unpaired) electrons. The first-order chi connectivity index (χ1) is 28.2. The van der Waals surface area contributed by atoms with Gasteiger partial charge < -0.3 is 4.12 Å². The van der Waals surface area contributed by atoms with Crippen LogP contribution in [0.15, 0.2) is 182 Å². The zero-order chi connectivity index (χ0) is 37.6. The van der Waals surface area contributed by atoms with Gasteiger partial charge in [-0.25, -0.2) is 0 Å². The SMILES string of the molecule is C1=CC([Si](O[Si](C2C=Cc3ccccc32)(C2C=Cc3ccccc32)C2C=Cc3ccccc32)(C2C=Cc3ccccc32)C2C=Cc3ccccc32)c2ccccc21. The van der Waals surface area contributed by atoms with E-state index in [1.54, 1.807) is 0 Å². The Hall–Kier alpha value is -5.85. The maximum atomic E-state index is 9.44. The number of allylic oxidation sites excluding steroid dienone is 6. The Bertz CT molecular complexity index is 2310. The predicted molar refractivity (Wildman–Crippen MR) is 242 cm³/mol. The van der Waals surface area contributed by atoms with Gasteiger partial charge in [-0.15, -0.1) is 0 Å². The second-order valence-corrected chi connectivity index (χ2v) is 24.6. The molecule has 6 aromatic carbocycles. The quantitative estimate of drug-likeness (QED) is 0.140. The average molecular weight is 763 g/mol. The fourth-order valence-corrected chi connectivity index (χ4v) is 26.4. The largest absolute Gasteiger partial charge is 0.451 e. The molecule has 0 amide bonds. The van der Waals surface area contributed by atoms with E-state index in [4.69, 9.17) is 0 Å². The van der Waals surface area contributed by atoms with Crippen molar-refractivity contribution in [1.82, 2.24) is 0 Å². The van der Waals surface area contributed by atoms with Crippen LogP contribution in [0.3, 0.4) is 0 Å². The van der Waals surface area contributed by atoms with E-state index >= 15 is 0 Å². The van der Waals surface area contributed by atoms with Crippen molar-refractivity contribution in [3.05, 3.63) is 249 Å². The fraction of sp³-hybridized carbons (Fsp3) is 0.111. The Balaban J connectivity index is 1.22. The van der Waals surface area contributed by atoms with E-state index in [1.807, 2.05) is 0 Å². The van der Waals surface area contributed by atoms with Crippen LogP contribution in [-0.4, -0.2) is 16.6 Å². The smallest absolute Gasteiger partial charge is 0.214 e. The van der Waals surface area contributed by atoms with Crippen molar-refractivity contribution in [3.8, 4) is 0 Å². The van der Waals surface area contributed by atoms with E-state index in [1.165, 1.54) is 66.8 Å². The lowest BCUT2D eigenvalue weighted by atomic mass is 10.1. The first kappa shape index (κ1) is 33.3. The third-order valence-corrected chi connectivity index (χ3v) is 25.7. The molecule has 0 heterocycles. The van der Waals surface area contributed by atoms with Crippen molar-refractivity contribution >= 4 is 53.1 Å². The molecule has 0 fully saturated rings. The van der Waals surface area contributed by atoms with Crippen molar-refractivity contribution in [3.63, 3.8) is 0 Å². The number of rotatable bonds is 8. The molecule has 6 aliphatic carbocycles. The molecule has 0 saturated heterocycles. The Morgan fingerprint density at radius 3 is 0.614 bits per heavy atom. The summed E-state index contributed by atoms with van der Waals surface area (Å²) in [5, 5.41) is 0. The lowest BCUT2D eigenvalue weighted by molar-refractivity contribution is 0.455. The van der Waals surface area contributed by atoms with Crippen molar-refractivity contribution in [1.29, 1.82) is 0 Å². The average Bonchev–Trinajstić information content (AvgIpc) is 4.13. The molecule has 1 nitrogen and oxygen atoms in total. The number of hydrogen-bond acceptors (Lipinski definition) is 1. The molecule has 12 rings (SSSR count). The van der Waals surface area contributed by atoms with Crippen LogP contribution in [0.5, 0.6) is 0 Å². The summed E-state index contributed by atoms with van der Waals surface area (Å²) in [6.45, 7) is 0. The van der Waals surface area contributed by atoms with E-state index < -0.39 is 16.6 Å². The molecule has 272 valence electrons. The first-order valence-corrected chi connectivity index (χ1v) is 24.8. The second kappa shape index (κ2) is 12.8. The van der Waals surface area contributed by atoms with Gasteiger partial charge in [0.2, 0.25) is 16.6 Å². The summed E-state index contributed by atoms with van der Waals surface area (Å²) in [6, 6.07) is 55.0. The topological polar surface area (TPSA) is 9.23 Å². The first-order valence-electron chi connectivity index (χ1n) is 20.6. The molecule has 57 heavy (non-hydrogen) atoms. The highest BCUT2D eigenvalue weighted by Crippen LogP contribution is 2.62. The molecule has 0 aliphatic heterocycles. The molecule has 6 unspecified atom stereocenters. The second-order valence-electron chi connectivity index (χ2n) is 16.6. The standard InChI is InChI=1S/C54H42OSi2/c1-7-19-43-37(13-1)25-31-49(43)56(50-32-26-38-14-2-8-20-44(38)50,51-33-27-39-15-3-9-21-45(39)51)55-57(52-34-28-40-16-4-10-22-46(40)52,53-35-29-41-17-5-11-23-47(41)53)54-36-30-42-18-6-12-24-48(42)54/h1-36,49-54H. The maximum Gasteiger partial charge on any atom is 0.214 e. The minimum atomic E-state index is -3.25. The van der Waals surface area contributed by atoms with E-state index in [-0.39, 0.29) is 33.2 Å². The predicted octanol–water partition coefficient (Wildman–Crippen LogP) is 13.0. The van der Waals surface area contributed by atoms with Gasteiger partial charge in [0.1, 0.15) is 0 Å². The molecule has 6 aromatic rings. The van der Waals surface area contributed by atoms with Crippen LogP contribution >= 0.6 is 0 Å². The Kier molecular flexibility index (Phi) is 7.50. The van der Waals surface area contributed by atoms with Gasteiger partial charge >= 0.3 is 0 Å². The van der Waals surface area contributed by atoms with Gasteiger partial charge in [0.05, 0.1) is 0 Å². The number of hydrogen-bond donors (Lipinski definition) is 0. The lowest BCUT2D eigenvalue weighted by Gasteiger charge is -2.56. The maximum absolute atomic E-state index is 9.44. The summed E-state index contributed by atoms with van der Waals surface area (Å²) in [7, 11) is -6.50. The van der Waals surface area contributed by atoms with Gasteiger partial charge in [0.25, 0.3) is 0 Å². The monoisotopic (exact) mass is 762 g/mol. The van der Waals surface area contributed by atoms with Gasteiger partial charge in [-0.2, -0.15) is 0 Å². The van der Waals surface area contributed by atoms with Crippen LogP contribution in [-0.2, 0) is 4.12 Å². The third kappa shape index (κ3) is 4.77. The normalized spacial score (nSPS) is 25.5. The Morgan fingerprint density at radius 2 is 0.421 bits per heavy atom. The van der Waals surface area contributed by atoms with Crippen molar-refractivity contribution in [2.75, 3.05) is 0 Å². The fourth-order valence-electron chi connectivity index (χ4n) is 11.7. The molecule has 0 N–H and O–H groups in total. The highest BCUT2D eigenvalue weighted by atomic mass is 28.4. The van der Waals surface area contributed by atoms with Gasteiger partial charge in [-0.05, 0) is 66.8 Å². The molecule has 0 spiro atoms. The van der Waals surface area contributed by atoms with Crippen LogP contribution in [0, 0.1) is 0 Å². The summed E-state index contributed by atoms with van der Waals surface area (Å²) >= 11 is 0. The van der Waals surface area contributed by atoms with Crippen LogP contribution in [0.4, 0.5) is 0 Å². The van der Waals surface area contributed by atoms with Gasteiger partial charge in [-0.3, -0.25) is 0 Å². The summed E-state index contributed by atoms with van der Waals surface area (Å²) in [4.78, 5) is 0. The highest BCUT2D eigenvalue weighted by Gasteiger charge is 2.66. The minimum Gasteiger partial charge on any atom is -0.451 e. The van der Waals surface area contributed by atoms with Crippen LogP contribution in [0.2, 0.25) is 0 Å². The number of fused-ring (bicyclic) bond motifs is 6. The molecule has 6 aliphatic rings. The molecule has 0 saturated carbocycles. The summed E-state index contributed by atoms with van der Waals surface area (Å²) < 4.78 is 9.44. The molecular formula is C54H42OSi2. The van der Waals surface area contributed by atoms with E-state index in [9.17, 15) is 4.12 Å². The molecule has 0 bridgehead atoms. The van der Waals surface area contributed by atoms with Gasteiger partial charge in [-0.1, -0.05) is 219 Å².